The van der Waals surface area contributed by atoms with Crippen molar-refractivity contribution in [1.82, 2.24) is 20.4 Å². The molecule has 0 aliphatic carbocycles. The molecule has 1 unspecified atom stereocenters. The van der Waals surface area contributed by atoms with Gasteiger partial charge in [-0.15, -0.1) is 11.8 Å². The van der Waals surface area contributed by atoms with E-state index in [0.29, 0.717) is 25.1 Å². The van der Waals surface area contributed by atoms with Crippen molar-refractivity contribution in [3.05, 3.63) is 0 Å². The Kier molecular flexibility index (Phi) is 8.41. The lowest BCUT2D eigenvalue weighted by atomic mass is 9.94. The molecule has 4 atom stereocenters. The largest absolute Gasteiger partial charge is 0.357 e. The van der Waals surface area contributed by atoms with Gasteiger partial charge in [0.1, 0.15) is 18.1 Å². The third-order valence-corrected chi connectivity index (χ3v) is 7.02. The van der Waals surface area contributed by atoms with E-state index in [9.17, 15) is 19.2 Å². The molecule has 176 valence electrons. The summed E-state index contributed by atoms with van der Waals surface area (Å²) < 4.78 is 0. The van der Waals surface area contributed by atoms with Crippen LogP contribution >= 0.6 is 11.8 Å². The van der Waals surface area contributed by atoms with Crippen LogP contribution in [0.15, 0.2) is 0 Å². The van der Waals surface area contributed by atoms with E-state index >= 15 is 0 Å². The number of carbonyl (C=O) groups is 4. The first kappa shape index (κ1) is 25.5. The van der Waals surface area contributed by atoms with Crippen LogP contribution in [0.2, 0.25) is 0 Å². The second kappa shape index (κ2) is 10.2. The lowest BCUT2D eigenvalue weighted by molar-refractivity contribution is -0.151. The number of amides is 4. The molecule has 2 aliphatic rings. The van der Waals surface area contributed by atoms with Crippen LogP contribution in [0.25, 0.3) is 0 Å². The van der Waals surface area contributed by atoms with E-state index in [1.807, 2.05) is 41.5 Å². The van der Waals surface area contributed by atoms with Gasteiger partial charge in [0.05, 0.1) is 5.37 Å². The van der Waals surface area contributed by atoms with E-state index < -0.39 is 23.5 Å². The summed E-state index contributed by atoms with van der Waals surface area (Å²) >= 11 is 1.54. The quantitative estimate of drug-likeness (QED) is 0.635. The molecule has 8 nitrogen and oxygen atoms in total. The second-order valence-corrected chi connectivity index (χ2v) is 11.3. The lowest BCUT2D eigenvalue weighted by Gasteiger charge is -2.35. The highest BCUT2D eigenvalue weighted by Gasteiger charge is 2.46. The Balaban J connectivity index is 2.19. The van der Waals surface area contributed by atoms with Gasteiger partial charge in [0.15, 0.2) is 0 Å². The second-order valence-electron chi connectivity index (χ2n) is 9.91. The fraction of sp³-hybridized carbons (Fsp3) is 0.818. The molecule has 2 heterocycles. The van der Waals surface area contributed by atoms with E-state index in [1.165, 1.54) is 11.8 Å². The van der Waals surface area contributed by atoms with E-state index in [0.717, 1.165) is 6.42 Å². The summed E-state index contributed by atoms with van der Waals surface area (Å²) in [6, 6.07) is -1.83. The molecule has 2 aliphatic heterocycles. The molecule has 0 spiro atoms. The third kappa shape index (κ3) is 5.93. The van der Waals surface area contributed by atoms with Crippen molar-refractivity contribution in [3.63, 3.8) is 0 Å². The summed E-state index contributed by atoms with van der Waals surface area (Å²) in [5, 5.41) is 5.29. The van der Waals surface area contributed by atoms with Crippen LogP contribution in [0.1, 0.15) is 60.8 Å². The van der Waals surface area contributed by atoms with Crippen molar-refractivity contribution in [2.24, 2.45) is 11.3 Å². The van der Waals surface area contributed by atoms with E-state index in [-0.39, 0.29) is 34.9 Å². The number of rotatable bonds is 6. The summed E-state index contributed by atoms with van der Waals surface area (Å²) in [5.41, 5.74) is -0.567. The predicted molar refractivity (Wildman–Crippen MR) is 122 cm³/mol. The van der Waals surface area contributed by atoms with Crippen molar-refractivity contribution in [1.29, 1.82) is 0 Å². The molecule has 0 aromatic heterocycles. The fourth-order valence-electron chi connectivity index (χ4n) is 4.19. The van der Waals surface area contributed by atoms with Crippen molar-refractivity contribution >= 4 is 35.4 Å². The molecular formula is C22H38N4O4S. The summed E-state index contributed by atoms with van der Waals surface area (Å²) in [6.07, 6.45) is 1.90. The van der Waals surface area contributed by atoms with Crippen LogP contribution in [-0.4, -0.2) is 76.3 Å². The topological polar surface area (TPSA) is 98.8 Å². The van der Waals surface area contributed by atoms with E-state index in [1.54, 1.807) is 16.8 Å². The maximum atomic E-state index is 13.5. The number of nitrogens with zero attached hydrogens (tertiary/aromatic N) is 2. The average molecular weight is 455 g/mol. The number of nitrogens with one attached hydrogen (secondary N) is 2. The lowest BCUT2D eigenvalue weighted by Crippen LogP contribution is -2.58. The SMILES string of the molecule is CNC(=O)[C@H](CC(C)C)NC(=O)C1CS[C@@H](C)N1C(=O)[C@@H]1CCCN1C(=O)C(C)(C)C. The summed E-state index contributed by atoms with van der Waals surface area (Å²) in [6.45, 7) is 12.0. The molecule has 9 heteroatoms. The first-order valence-corrected chi connectivity index (χ1v) is 12.2. The minimum Gasteiger partial charge on any atom is -0.357 e. The summed E-state index contributed by atoms with van der Waals surface area (Å²) in [4.78, 5) is 55.1. The van der Waals surface area contributed by atoms with Crippen LogP contribution in [0.3, 0.4) is 0 Å². The van der Waals surface area contributed by atoms with Gasteiger partial charge in [-0.2, -0.15) is 0 Å². The van der Waals surface area contributed by atoms with Gasteiger partial charge in [0, 0.05) is 24.8 Å². The first-order chi connectivity index (χ1) is 14.4. The smallest absolute Gasteiger partial charge is 0.246 e. The van der Waals surface area contributed by atoms with Gasteiger partial charge >= 0.3 is 0 Å². The number of likely N-dealkylation sites (tertiary alicyclic amines) is 1. The highest BCUT2D eigenvalue weighted by atomic mass is 32.2. The number of hydrogen-bond acceptors (Lipinski definition) is 5. The van der Waals surface area contributed by atoms with Gasteiger partial charge in [-0.25, -0.2) is 0 Å². The molecule has 0 aromatic rings. The van der Waals surface area contributed by atoms with Crippen molar-refractivity contribution in [3.8, 4) is 0 Å². The first-order valence-electron chi connectivity index (χ1n) is 11.1. The van der Waals surface area contributed by atoms with Crippen molar-refractivity contribution in [2.75, 3.05) is 19.3 Å². The fourth-order valence-corrected chi connectivity index (χ4v) is 5.38. The minimum atomic E-state index is -0.654. The summed E-state index contributed by atoms with van der Waals surface area (Å²) in [5.74, 6) is -0.0652. The van der Waals surface area contributed by atoms with Crippen LogP contribution in [-0.2, 0) is 19.2 Å². The highest BCUT2D eigenvalue weighted by Crippen LogP contribution is 2.33. The zero-order valence-electron chi connectivity index (χ0n) is 19.9. The number of hydrogen-bond donors (Lipinski definition) is 2. The molecule has 0 saturated carbocycles. The maximum absolute atomic E-state index is 13.5. The van der Waals surface area contributed by atoms with Gasteiger partial charge in [0.2, 0.25) is 23.6 Å². The van der Waals surface area contributed by atoms with Gasteiger partial charge in [-0.3, -0.25) is 19.2 Å². The monoisotopic (exact) mass is 454 g/mol. The van der Waals surface area contributed by atoms with Gasteiger partial charge in [0.25, 0.3) is 0 Å². The Morgan fingerprint density at radius 1 is 1.13 bits per heavy atom. The molecule has 31 heavy (non-hydrogen) atoms. The normalized spacial score (nSPS) is 25.0. The molecule has 0 radical (unpaired) electrons. The Labute approximate surface area is 190 Å². The Morgan fingerprint density at radius 2 is 1.77 bits per heavy atom. The number of thioether (sulfide) groups is 1. The van der Waals surface area contributed by atoms with Crippen LogP contribution < -0.4 is 10.6 Å². The Hall–Kier alpha value is -1.77. The van der Waals surface area contributed by atoms with Crippen LogP contribution in [0.4, 0.5) is 0 Å². The Bertz CT molecular complexity index is 706. The minimum absolute atomic E-state index is 0.0412. The number of likely N-dealkylation sites (N-methyl/N-ethyl adjacent to an activating group) is 1. The Morgan fingerprint density at radius 3 is 2.32 bits per heavy atom. The molecular weight excluding hydrogens is 416 g/mol. The number of carbonyl (C=O) groups excluding carboxylic acids is 4. The van der Waals surface area contributed by atoms with Crippen LogP contribution in [0.5, 0.6) is 0 Å². The average Bonchev–Trinajstić information content (AvgIpc) is 3.31. The third-order valence-electron chi connectivity index (χ3n) is 5.81. The van der Waals surface area contributed by atoms with E-state index in [2.05, 4.69) is 10.6 Å². The molecule has 0 aromatic carbocycles. The van der Waals surface area contributed by atoms with Gasteiger partial charge in [-0.05, 0) is 32.1 Å². The molecule has 4 amide bonds. The van der Waals surface area contributed by atoms with E-state index in [4.69, 9.17) is 0 Å². The molecule has 2 fully saturated rings. The standard InChI is InChI=1S/C22H38N4O4S/c1-13(2)11-15(18(27)23-7)24-19(28)17-12-31-14(3)26(17)20(29)16-9-8-10-25(16)21(30)22(4,5)6/h13-17H,8-12H2,1-7H3,(H,23,27)(H,24,28)/t14-,15-,16-,17?/m0/s1. The van der Waals surface area contributed by atoms with Crippen molar-refractivity contribution < 1.29 is 19.2 Å². The van der Waals surface area contributed by atoms with Crippen LogP contribution in [0, 0.1) is 11.3 Å². The van der Waals surface area contributed by atoms with Gasteiger partial charge in [-0.1, -0.05) is 34.6 Å². The highest BCUT2D eigenvalue weighted by molar-refractivity contribution is 8.00. The molecule has 2 saturated heterocycles. The molecule has 0 bridgehead atoms. The van der Waals surface area contributed by atoms with Gasteiger partial charge < -0.3 is 20.4 Å². The summed E-state index contributed by atoms with van der Waals surface area (Å²) in [7, 11) is 1.55. The molecule has 2 rings (SSSR count). The zero-order valence-corrected chi connectivity index (χ0v) is 20.7. The zero-order chi connectivity index (χ0) is 23.5. The maximum Gasteiger partial charge on any atom is 0.246 e. The van der Waals surface area contributed by atoms with Crippen molar-refractivity contribution in [2.45, 2.75) is 84.3 Å². The molecule has 2 N–H and O–H groups in total. The predicted octanol–water partition coefficient (Wildman–Crippen LogP) is 1.59.